The number of aromatic nitrogens is 1. The van der Waals surface area contributed by atoms with E-state index in [2.05, 4.69) is 31.1 Å². The number of hydrogen-bond acceptors (Lipinski definition) is 1. The summed E-state index contributed by atoms with van der Waals surface area (Å²) in [6.45, 7) is 12.4. The first-order valence-corrected chi connectivity index (χ1v) is 5.61. The summed E-state index contributed by atoms with van der Waals surface area (Å²) in [5.74, 6) is -0.0394. The number of carbonyl (C=O) groups is 1. The number of amides is 1. The number of carbonyl (C=O) groups excluding carboxylic acids is 1. The van der Waals surface area contributed by atoms with Crippen molar-refractivity contribution in [2.45, 2.75) is 47.1 Å². The van der Waals surface area contributed by atoms with Gasteiger partial charge >= 0.3 is 0 Å². The van der Waals surface area contributed by atoms with Crippen LogP contribution in [0.2, 0.25) is 0 Å². The molecule has 16 heavy (non-hydrogen) atoms. The van der Waals surface area contributed by atoms with Gasteiger partial charge in [-0.05, 0) is 37.8 Å². The molecule has 0 bridgehead atoms. The first-order valence-electron chi connectivity index (χ1n) is 5.61. The highest BCUT2D eigenvalue weighted by atomic mass is 16.2. The summed E-state index contributed by atoms with van der Waals surface area (Å²) in [6.07, 6.45) is 1.79. The van der Waals surface area contributed by atoms with Crippen molar-refractivity contribution in [1.82, 2.24) is 10.3 Å². The van der Waals surface area contributed by atoms with Crippen LogP contribution >= 0.6 is 0 Å². The van der Waals surface area contributed by atoms with Crippen LogP contribution in [0.25, 0.3) is 0 Å². The van der Waals surface area contributed by atoms with Crippen molar-refractivity contribution in [3.05, 3.63) is 23.5 Å². The molecule has 0 fully saturated rings. The summed E-state index contributed by atoms with van der Waals surface area (Å²) in [6, 6.07) is 1.90. The van der Waals surface area contributed by atoms with E-state index in [9.17, 15) is 4.79 Å². The summed E-state index contributed by atoms with van der Waals surface area (Å²) < 4.78 is 0. The highest BCUT2D eigenvalue weighted by Gasteiger charge is 2.34. The van der Waals surface area contributed by atoms with E-state index in [1.54, 1.807) is 6.20 Å². The molecule has 0 unspecified atom stereocenters. The highest BCUT2D eigenvalue weighted by molar-refractivity contribution is 5.94. The second-order valence-electron chi connectivity index (χ2n) is 5.86. The second kappa shape index (κ2) is 3.96. The molecule has 1 heterocycles. The minimum atomic E-state index is -0.248. The topological polar surface area (TPSA) is 44.9 Å². The van der Waals surface area contributed by atoms with Gasteiger partial charge in [-0.25, -0.2) is 0 Å². The van der Waals surface area contributed by atoms with E-state index in [1.807, 2.05) is 26.8 Å². The second-order valence-corrected chi connectivity index (χ2v) is 5.86. The van der Waals surface area contributed by atoms with Crippen molar-refractivity contribution in [3.8, 4) is 0 Å². The maximum Gasteiger partial charge on any atom is 0.268 e. The molecular weight excluding hydrogens is 200 g/mol. The quantitative estimate of drug-likeness (QED) is 0.794. The number of hydrogen-bond donors (Lipinski definition) is 2. The molecule has 0 aliphatic rings. The molecule has 0 saturated heterocycles. The predicted octanol–water partition coefficient (Wildman–Crippen LogP) is 2.88. The lowest BCUT2D eigenvalue weighted by atomic mass is 9.76. The average Bonchev–Trinajstić information content (AvgIpc) is 2.48. The average molecular weight is 222 g/mol. The molecule has 0 aromatic carbocycles. The van der Waals surface area contributed by atoms with Gasteiger partial charge in [0.15, 0.2) is 0 Å². The third-order valence-corrected chi connectivity index (χ3v) is 3.48. The van der Waals surface area contributed by atoms with Gasteiger partial charge in [0.05, 0.1) is 0 Å². The molecule has 1 rings (SSSR count). The highest BCUT2D eigenvalue weighted by Crippen LogP contribution is 2.29. The van der Waals surface area contributed by atoms with Crippen molar-refractivity contribution in [3.63, 3.8) is 0 Å². The number of nitrogens with one attached hydrogen (secondary N) is 2. The Morgan fingerprint density at radius 1 is 1.25 bits per heavy atom. The summed E-state index contributed by atoms with van der Waals surface area (Å²) in [5.41, 5.74) is 1.39. The zero-order chi connectivity index (χ0) is 12.6. The van der Waals surface area contributed by atoms with Gasteiger partial charge in [0, 0.05) is 11.7 Å². The third-order valence-electron chi connectivity index (χ3n) is 3.48. The van der Waals surface area contributed by atoms with Crippen LogP contribution in [-0.4, -0.2) is 16.4 Å². The minimum Gasteiger partial charge on any atom is -0.357 e. The lowest BCUT2D eigenvalue weighted by Gasteiger charge is -2.39. The van der Waals surface area contributed by atoms with E-state index >= 15 is 0 Å². The van der Waals surface area contributed by atoms with E-state index in [0.717, 1.165) is 5.56 Å². The molecule has 0 aliphatic carbocycles. The normalized spacial score (nSPS) is 12.6. The molecule has 90 valence electrons. The fourth-order valence-electron chi connectivity index (χ4n) is 1.23. The molecule has 0 saturated carbocycles. The molecule has 0 aliphatic heterocycles. The third kappa shape index (κ3) is 2.46. The number of rotatable bonds is 2. The van der Waals surface area contributed by atoms with Gasteiger partial charge in [-0.3, -0.25) is 4.79 Å². The van der Waals surface area contributed by atoms with Crippen molar-refractivity contribution in [2.24, 2.45) is 5.41 Å². The molecule has 1 aromatic heterocycles. The smallest absolute Gasteiger partial charge is 0.268 e. The first-order chi connectivity index (χ1) is 7.15. The first kappa shape index (κ1) is 12.8. The molecule has 1 aromatic rings. The number of aryl methyl sites for hydroxylation is 1. The van der Waals surface area contributed by atoms with Crippen molar-refractivity contribution in [1.29, 1.82) is 0 Å². The van der Waals surface area contributed by atoms with Crippen LogP contribution in [0, 0.1) is 12.3 Å². The molecule has 0 spiro atoms. The fourth-order valence-corrected chi connectivity index (χ4v) is 1.23. The van der Waals surface area contributed by atoms with Gasteiger partial charge in [-0.15, -0.1) is 0 Å². The standard InChI is InChI=1S/C13H22N2O/c1-9-7-8-14-10(9)11(16)15-13(5,6)12(2,3)4/h7-8,14H,1-6H3,(H,15,16). The Kier molecular flexibility index (Phi) is 3.17. The summed E-state index contributed by atoms with van der Waals surface area (Å²) in [4.78, 5) is 15.0. The minimum absolute atomic E-state index is 0.0170. The molecule has 2 N–H and O–H groups in total. The van der Waals surface area contributed by atoms with E-state index in [1.165, 1.54) is 0 Å². The van der Waals surface area contributed by atoms with Crippen LogP contribution in [0.5, 0.6) is 0 Å². The lowest BCUT2D eigenvalue weighted by Crippen LogP contribution is -2.52. The van der Waals surface area contributed by atoms with Crippen molar-refractivity contribution in [2.75, 3.05) is 0 Å². The maximum atomic E-state index is 12.0. The maximum absolute atomic E-state index is 12.0. The lowest BCUT2D eigenvalue weighted by molar-refractivity contribution is 0.0824. The molecular formula is C13H22N2O. The molecule has 0 atom stereocenters. The van der Waals surface area contributed by atoms with Crippen LogP contribution in [-0.2, 0) is 0 Å². The van der Waals surface area contributed by atoms with Crippen LogP contribution in [0.4, 0.5) is 0 Å². The molecule has 1 amide bonds. The fraction of sp³-hybridized carbons (Fsp3) is 0.615. The van der Waals surface area contributed by atoms with Gasteiger partial charge in [0.2, 0.25) is 0 Å². The zero-order valence-electron chi connectivity index (χ0n) is 11.1. The summed E-state index contributed by atoms with van der Waals surface area (Å²) >= 11 is 0. The Balaban J connectivity index is 2.84. The van der Waals surface area contributed by atoms with Gasteiger partial charge < -0.3 is 10.3 Å². The molecule has 3 nitrogen and oxygen atoms in total. The summed E-state index contributed by atoms with van der Waals surface area (Å²) in [7, 11) is 0. The van der Waals surface area contributed by atoms with E-state index < -0.39 is 0 Å². The Morgan fingerprint density at radius 3 is 2.19 bits per heavy atom. The van der Waals surface area contributed by atoms with Crippen LogP contribution in [0.1, 0.15) is 50.7 Å². The van der Waals surface area contributed by atoms with Gasteiger partial charge in [-0.2, -0.15) is 0 Å². The number of aromatic amines is 1. The molecule has 3 heteroatoms. The van der Waals surface area contributed by atoms with Gasteiger partial charge in [0.25, 0.3) is 5.91 Å². The van der Waals surface area contributed by atoms with Gasteiger partial charge in [-0.1, -0.05) is 20.8 Å². The van der Waals surface area contributed by atoms with E-state index in [0.29, 0.717) is 5.69 Å². The van der Waals surface area contributed by atoms with Crippen LogP contribution < -0.4 is 5.32 Å². The zero-order valence-corrected chi connectivity index (χ0v) is 11.1. The van der Waals surface area contributed by atoms with Crippen molar-refractivity contribution >= 4 is 5.91 Å². The van der Waals surface area contributed by atoms with Crippen molar-refractivity contribution < 1.29 is 4.79 Å². The Hall–Kier alpha value is -1.25. The predicted molar refractivity (Wildman–Crippen MR) is 66.5 cm³/mol. The van der Waals surface area contributed by atoms with E-state index in [4.69, 9.17) is 0 Å². The van der Waals surface area contributed by atoms with Crippen LogP contribution in [0.15, 0.2) is 12.3 Å². The largest absolute Gasteiger partial charge is 0.357 e. The Morgan fingerprint density at radius 2 is 1.81 bits per heavy atom. The van der Waals surface area contributed by atoms with E-state index in [-0.39, 0.29) is 16.9 Å². The van der Waals surface area contributed by atoms with Gasteiger partial charge in [0.1, 0.15) is 5.69 Å². The van der Waals surface area contributed by atoms with Crippen LogP contribution in [0.3, 0.4) is 0 Å². The Labute approximate surface area is 97.6 Å². The molecule has 0 radical (unpaired) electrons. The summed E-state index contributed by atoms with van der Waals surface area (Å²) in [5, 5.41) is 3.07. The number of H-pyrrole nitrogens is 1. The Bertz CT molecular complexity index is 383. The SMILES string of the molecule is Cc1cc[nH]c1C(=O)NC(C)(C)C(C)(C)C. The monoisotopic (exact) mass is 222 g/mol.